The van der Waals surface area contributed by atoms with Gasteiger partial charge < -0.3 is 10.0 Å². The van der Waals surface area contributed by atoms with Crippen molar-refractivity contribution in [3.8, 4) is 26.3 Å². The van der Waals surface area contributed by atoms with E-state index in [9.17, 15) is 9.90 Å². The number of carboxylic acid groups (broad SMARTS) is 1. The van der Waals surface area contributed by atoms with E-state index in [1.807, 2.05) is 24.3 Å². The fourth-order valence-electron chi connectivity index (χ4n) is 4.74. The van der Waals surface area contributed by atoms with Crippen molar-refractivity contribution >= 4 is 62.6 Å². The summed E-state index contributed by atoms with van der Waals surface area (Å²) < 4.78 is 0. The summed E-state index contributed by atoms with van der Waals surface area (Å²) in [4.78, 5) is 17.5. The SMILES string of the molecule is N#C/C(=C\c1ccc(-c2ccc(-c3ccc(N(c4ccccc4)c4ccccc4)c4ccccc34)s2)s1)C(=O)O. The van der Waals surface area contributed by atoms with Crippen LogP contribution in [-0.4, -0.2) is 11.1 Å². The smallest absolute Gasteiger partial charge is 0.346 e. The van der Waals surface area contributed by atoms with Crippen molar-refractivity contribution in [1.82, 2.24) is 0 Å². The zero-order chi connectivity index (χ0) is 27.5. The standard InChI is InChI=1S/C34H22N2O2S2/c35-22-23(34(37)38)21-26-15-18-32(39-26)33-20-19-31(40-33)29-16-17-30(28-14-8-7-13-27(28)29)36(24-9-3-1-4-10-24)25-11-5-2-6-12-25/h1-21H,(H,37,38)/b23-21+. The Balaban J connectivity index is 1.42. The molecule has 0 aliphatic heterocycles. The van der Waals surface area contributed by atoms with E-state index in [0.29, 0.717) is 0 Å². The van der Waals surface area contributed by atoms with Gasteiger partial charge in [-0.05, 0) is 71.6 Å². The van der Waals surface area contributed by atoms with Gasteiger partial charge in [0.2, 0.25) is 0 Å². The van der Waals surface area contributed by atoms with Gasteiger partial charge in [-0.25, -0.2) is 4.79 Å². The number of hydrogen-bond acceptors (Lipinski definition) is 5. The molecule has 6 aromatic rings. The average Bonchev–Trinajstić information content (AvgIpc) is 3.67. The third-order valence-electron chi connectivity index (χ3n) is 6.55. The Kier molecular flexibility index (Phi) is 6.98. The van der Waals surface area contributed by atoms with E-state index in [4.69, 9.17) is 5.26 Å². The lowest BCUT2D eigenvalue weighted by atomic mass is 10.0. The maximum Gasteiger partial charge on any atom is 0.346 e. The summed E-state index contributed by atoms with van der Waals surface area (Å²) in [6.45, 7) is 0. The number of para-hydroxylation sites is 2. The molecule has 0 spiro atoms. The maximum atomic E-state index is 11.2. The molecule has 0 aliphatic carbocycles. The Morgan fingerprint density at radius 3 is 1.90 bits per heavy atom. The predicted molar refractivity (Wildman–Crippen MR) is 166 cm³/mol. The van der Waals surface area contributed by atoms with Crippen molar-refractivity contribution in [1.29, 1.82) is 5.26 Å². The lowest BCUT2D eigenvalue weighted by molar-refractivity contribution is -0.132. The Labute approximate surface area is 240 Å². The lowest BCUT2D eigenvalue weighted by Crippen LogP contribution is -2.10. The number of nitriles is 1. The summed E-state index contributed by atoms with van der Waals surface area (Å²) in [5.74, 6) is -1.22. The van der Waals surface area contributed by atoms with Crippen molar-refractivity contribution in [2.75, 3.05) is 4.90 Å². The minimum Gasteiger partial charge on any atom is -0.477 e. The zero-order valence-corrected chi connectivity index (χ0v) is 22.8. The van der Waals surface area contributed by atoms with Gasteiger partial charge in [0.25, 0.3) is 0 Å². The molecule has 2 heterocycles. The largest absolute Gasteiger partial charge is 0.477 e. The molecule has 0 atom stereocenters. The molecule has 40 heavy (non-hydrogen) atoms. The normalized spacial score (nSPS) is 11.3. The maximum absolute atomic E-state index is 11.2. The van der Waals surface area contributed by atoms with Crippen LogP contribution in [0.1, 0.15) is 4.88 Å². The number of benzene rings is 4. The summed E-state index contributed by atoms with van der Waals surface area (Å²) in [5, 5.41) is 20.6. The molecule has 1 N–H and O–H groups in total. The lowest BCUT2D eigenvalue weighted by Gasteiger charge is -2.27. The van der Waals surface area contributed by atoms with E-state index in [1.54, 1.807) is 17.4 Å². The van der Waals surface area contributed by atoms with Crippen molar-refractivity contribution in [2.24, 2.45) is 0 Å². The van der Waals surface area contributed by atoms with E-state index in [1.165, 1.54) is 22.8 Å². The Bertz CT molecular complexity index is 1860. The molecule has 192 valence electrons. The number of nitrogens with zero attached hydrogens (tertiary/aromatic N) is 2. The topological polar surface area (TPSA) is 64.3 Å². The summed E-state index contributed by atoms with van der Waals surface area (Å²) in [6.07, 6.45) is 1.42. The van der Waals surface area contributed by atoms with Crippen LogP contribution in [0.3, 0.4) is 0 Å². The minimum absolute atomic E-state index is 0.271. The van der Waals surface area contributed by atoms with Gasteiger partial charge in [0.15, 0.2) is 0 Å². The molecule has 0 unspecified atom stereocenters. The summed E-state index contributed by atoms with van der Waals surface area (Å²) in [7, 11) is 0. The van der Waals surface area contributed by atoms with Crippen LogP contribution in [0.25, 0.3) is 37.0 Å². The van der Waals surface area contributed by atoms with Crippen LogP contribution >= 0.6 is 22.7 Å². The first-order valence-corrected chi connectivity index (χ1v) is 14.2. The van der Waals surface area contributed by atoms with E-state index in [-0.39, 0.29) is 5.57 Å². The molecular weight excluding hydrogens is 533 g/mol. The van der Waals surface area contributed by atoms with Crippen LogP contribution in [0.15, 0.2) is 127 Å². The number of hydrogen-bond donors (Lipinski definition) is 1. The molecule has 6 rings (SSSR count). The number of fused-ring (bicyclic) bond motifs is 1. The first-order chi connectivity index (χ1) is 19.6. The molecular formula is C34H22N2O2S2. The van der Waals surface area contributed by atoms with Crippen LogP contribution in [-0.2, 0) is 4.79 Å². The molecule has 0 bridgehead atoms. The second kappa shape index (κ2) is 11.0. The van der Waals surface area contributed by atoms with Gasteiger partial charge in [-0.15, -0.1) is 22.7 Å². The summed E-state index contributed by atoms with van der Waals surface area (Å²) in [5.41, 5.74) is 4.18. The van der Waals surface area contributed by atoms with Gasteiger partial charge in [0.05, 0.1) is 5.69 Å². The van der Waals surface area contributed by atoms with Gasteiger partial charge in [0, 0.05) is 36.3 Å². The summed E-state index contributed by atoms with van der Waals surface area (Å²) in [6, 6.07) is 43.5. The second-order valence-corrected chi connectivity index (χ2v) is 11.2. The van der Waals surface area contributed by atoms with Gasteiger partial charge >= 0.3 is 5.97 Å². The van der Waals surface area contributed by atoms with Gasteiger partial charge in [-0.3, -0.25) is 0 Å². The van der Waals surface area contributed by atoms with Crippen LogP contribution in [0.4, 0.5) is 17.1 Å². The van der Waals surface area contributed by atoms with E-state index in [0.717, 1.165) is 47.5 Å². The molecule has 0 saturated carbocycles. The second-order valence-electron chi connectivity index (χ2n) is 9.03. The molecule has 6 heteroatoms. The van der Waals surface area contributed by atoms with E-state index < -0.39 is 5.97 Å². The van der Waals surface area contributed by atoms with Gasteiger partial charge in [-0.2, -0.15) is 5.26 Å². The first-order valence-electron chi connectivity index (χ1n) is 12.6. The number of carboxylic acids is 1. The number of carbonyl (C=O) groups is 1. The molecule has 4 nitrogen and oxygen atoms in total. The molecule has 0 saturated heterocycles. The highest BCUT2D eigenvalue weighted by Gasteiger charge is 2.18. The fourth-order valence-corrected chi connectivity index (χ4v) is 6.82. The molecule has 0 aliphatic rings. The van der Waals surface area contributed by atoms with Crippen molar-refractivity contribution in [3.63, 3.8) is 0 Å². The number of thiophene rings is 2. The van der Waals surface area contributed by atoms with Gasteiger partial charge in [0.1, 0.15) is 11.6 Å². The molecule has 0 amide bonds. The minimum atomic E-state index is -1.22. The Morgan fingerprint density at radius 2 is 1.25 bits per heavy atom. The average molecular weight is 555 g/mol. The van der Waals surface area contributed by atoms with Crippen LogP contribution < -0.4 is 4.90 Å². The molecule has 0 radical (unpaired) electrons. The monoisotopic (exact) mass is 554 g/mol. The Morgan fingerprint density at radius 1 is 0.675 bits per heavy atom. The summed E-state index contributed by atoms with van der Waals surface area (Å²) >= 11 is 3.17. The number of rotatable bonds is 7. The van der Waals surface area contributed by atoms with E-state index >= 15 is 0 Å². The molecule has 2 aromatic heterocycles. The fraction of sp³-hybridized carbons (Fsp3) is 0. The number of aliphatic carboxylic acids is 1. The Hall–Kier alpha value is -4.96. The van der Waals surface area contributed by atoms with Crippen molar-refractivity contribution in [3.05, 3.63) is 132 Å². The van der Waals surface area contributed by atoms with Crippen molar-refractivity contribution < 1.29 is 9.90 Å². The third kappa shape index (κ3) is 4.92. The highest BCUT2D eigenvalue weighted by Crippen LogP contribution is 2.44. The van der Waals surface area contributed by atoms with Crippen LogP contribution in [0, 0.1) is 11.3 Å². The number of anilines is 3. The molecule has 4 aromatic carbocycles. The van der Waals surface area contributed by atoms with Gasteiger partial charge in [-0.1, -0.05) is 66.7 Å². The molecule has 0 fully saturated rings. The highest BCUT2D eigenvalue weighted by atomic mass is 32.1. The van der Waals surface area contributed by atoms with Crippen LogP contribution in [0.2, 0.25) is 0 Å². The quantitative estimate of drug-likeness (QED) is 0.158. The van der Waals surface area contributed by atoms with Crippen molar-refractivity contribution in [2.45, 2.75) is 0 Å². The highest BCUT2D eigenvalue weighted by molar-refractivity contribution is 7.24. The third-order valence-corrected chi connectivity index (χ3v) is 8.90. The zero-order valence-electron chi connectivity index (χ0n) is 21.2. The predicted octanol–water partition coefficient (Wildman–Crippen LogP) is 9.76. The van der Waals surface area contributed by atoms with Crippen LogP contribution in [0.5, 0.6) is 0 Å². The van der Waals surface area contributed by atoms with E-state index in [2.05, 4.69) is 102 Å². The first kappa shape index (κ1) is 25.3.